The molecule has 0 aromatic heterocycles. The minimum Gasteiger partial charge on any atom is -0.549 e. The molecule has 82 valence electrons. The van der Waals surface area contributed by atoms with E-state index in [1.807, 2.05) is 0 Å². The van der Waals surface area contributed by atoms with Gasteiger partial charge in [0.15, 0.2) is 0 Å². The molecule has 2 bridgehead atoms. The van der Waals surface area contributed by atoms with Crippen molar-refractivity contribution in [2.24, 2.45) is 16.2 Å². The first-order valence-corrected chi connectivity index (χ1v) is 5.02. The van der Waals surface area contributed by atoms with Gasteiger partial charge in [-0.25, -0.2) is 0 Å². The second-order valence-corrected chi connectivity index (χ2v) is 5.31. The Morgan fingerprint density at radius 3 is 1.93 bits per heavy atom. The summed E-state index contributed by atoms with van der Waals surface area (Å²) in [4.78, 5) is 34.8. The van der Waals surface area contributed by atoms with E-state index in [0.29, 0.717) is 6.42 Å². The van der Waals surface area contributed by atoms with Crippen LogP contribution in [0.4, 0.5) is 0 Å². The number of Topliss-reactive ketones (excluding diaryl/α,β-unsaturated/α-hetero) is 2. The topological polar surface area (TPSA) is 74.3 Å². The van der Waals surface area contributed by atoms with Crippen molar-refractivity contribution >= 4 is 17.5 Å². The van der Waals surface area contributed by atoms with E-state index in [0.717, 1.165) is 0 Å². The lowest BCUT2D eigenvalue weighted by Crippen LogP contribution is -2.51. The standard InChI is InChI=1S/C11H14O4/c1-9(2)10(3)4-5-11(9,8(14)15)7(13)6(10)12/h4-5H2,1-3H3,(H,14,15)/p-1/t10-,11+/m0/s1. The molecule has 4 nitrogen and oxygen atoms in total. The number of fused-ring (bicyclic) bond motifs is 2. The van der Waals surface area contributed by atoms with E-state index in [-0.39, 0.29) is 6.42 Å². The van der Waals surface area contributed by atoms with Gasteiger partial charge in [0.2, 0.25) is 11.6 Å². The molecule has 2 aliphatic carbocycles. The Kier molecular flexibility index (Phi) is 1.59. The maximum Gasteiger partial charge on any atom is 0.211 e. The normalized spacial score (nSPS) is 42.3. The van der Waals surface area contributed by atoms with Crippen molar-refractivity contribution < 1.29 is 19.5 Å². The molecule has 2 saturated carbocycles. The predicted octanol–water partition coefficient (Wildman–Crippen LogP) is -0.299. The first-order valence-electron chi connectivity index (χ1n) is 5.02. The molecule has 4 heteroatoms. The van der Waals surface area contributed by atoms with Crippen molar-refractivity contribution in [3.63, 3.8) is 0 Å². The summed E-state index contributed by atoms with van der Waals surface area (Å²) in [7, 11) is 0. The van der Waals surface area contributed by atoms with Crippen molar-refractivity contribution in [3.8, 4) is 0 Å². The SMILES string of the molecule is CC1(C)[C@]2(C(=O)[O-])CC[C@@]1(C)C(=O)C2=O. The minimum absolute atomic E-state index is 0.226. The van der Waals surface area contributed by atoms with Gasteiger partial charge in [-0.3, -0.25) is 9.59 Å². The fraction of sp³-hybridized carbons (Fsp3) is 0.727. The van der Waals surface area contributed by atoms with Gasteiger partial charge in [0.25, 0.3) is 0 Å². The molecular weight excluding hydrogens is 196 g/mol. The molecule has 2 aliphatic rings. The zero-order valence-electron chi connectivity index (χ0n) is 9.05. The molecule has 0 N–H and O–H groups in total. The van der Waals surface area contributed by atoms with Crippen molar-refractivity contribution in [1.82, 2.24) is 0 Å². The lowest BCUT2D eigenvalue weighted by atomic mass is 9.65. The van der Waals surface area contributed by atoms with Crippen LogP contribution in [0.2, 0.25) is 0 Å². The highest BCUT2D eigenvalue weighted by atomic mass is 16.4. The third-order valence-corrected chi connectivity index (χ3v) is 4.89. The predicted molar refractivity (Wildman–Crippen MR) is 48.6 cm³/mol. The van der Waals surface area contributed by atoms with Gasteiger partial charge in [0.05, 0.1) is 11.4 Å². The largest absolute Gasteiger partial charge is 0.549 e. The van der Waals surface area contributed by atoms with E-state index < -0.39 is 33.8 Å². The molecule has 0 unspecified atom stereocenters. The molecule has 15 heavy (non-hydrogen) atoms. The van der Waals surface area contributed by atoms with Gasteiger partial charge in [0, 0.05) is 5.41 Å². The fourth-order valence-corrected chi connectivity index (χ4v) is 3.22. The smallest absolute Gasteiger partial charge is 0.211 e. The number of carboxylic acids is 1. The Morgan fingerprint density at radius 1 is 1.13 bits per heavy atom. The fourth-order valence-electron chi connectivity index (χ4n) is 3.22. The quantitative estimate of drug-likeness (QED) is 0.439. The summed E-state index contributed by atoms with van der Waals surface area (Å²) in [5.74, 6) is -2.70. The van der Waals surface area contributed by atoms with Gasteiger partial charge < -0.3 is 9.90 Å². The van der Waals surface area contributed by atoms with Crippen molar-refractivity contribution in [2.75, 3.05) is 0 Å². The minimum atomic E-state index is -1.58. The van der Waals surface area contributed by atoms with E-state index in [4.69, 9.17) is 0 Å². The summed E-state index contributed by atoms with van der Waals surface area (Å²) in [6.45, 7) is 5.04. The zero-order valence-corrected chi connectivity index (χ0v) is 9.05. The lowest BCUT2D eigenvalue weighted by Gasteiger charge is -2.38. The van der Waals surface area contributed by atoms with E-state index >= 15 is 0 Å². The second kappa shape index (κ2) is 2.31. The molecule has 0 aromatic carbocycles. The summed E-state index contributed by atoms with van der Waals surface area (Å²) in [6, 6.07) is 0. The number of rotatable bonds is 1. The zero-order chi connectivity index (χ0) is 11.6. The Hall–Kier alpha value is -1.19. The van der Waals surface area contributed by atoms with E-state index in [2.05, 4.69) is 0 Å². The summed E-state index contributed by atoms with van der Waals surface area (Å²) in [6.07, 6.45) is 0.682. The second-order valence-electron chi connectivity index (χ2n) is 5.31. The summed E-state index contributed by atoms with van der Waals surface area (Å²) >= 11 is 0. The van der Waals surface area contributed by atoms with Crippen LogP contribution in [0.3, 0.4) is 0 Å². The summed E-state index contributed by atoms with van der Waals surface area (Å²) in [5, 5.41) is 11.2. The monoisotopic (exact) mass is 209 g/mol. The van der Waals surface area contributed by atoms with Crippen LogP contribution in [0, 0.1) is 16.2 Å². The van der Waals surface area contributed by atoms with Crippen molar-refractivity contribution in [2.45, 2.75) is 33.6 Å². The molecule has 0 aromatic rings. The van der Waals surface area contributed by atoms with Crippen LogP contribution in [0.1, 0.15) is 33.6 Å². The number of carbonyl (C=O) groups excluding carboxylic acids is 3. The molecule has 2 fully saturated rings. The Balaban J connectivity index is 2.73. The van der Waals surface area contributed by atoms with Crippen LogP contribution in [0.25, 0.3) is 0 Å². The number of hydrogen-bond donors (Lipinski definition) is 0. The molecule has 0 spiro atoms. The highest BCUT2D eigenvalue weighted by molar-refractivity contribution is 6.48. The van der Waals surface area contributed by atoms with Crippen LogP contribution in [0.15, 0.2) is 0 Å². The van der Waals surface area contributed by atoms with Crippen LogP contribution in [0.5, 0.6) is 0 Å². The third-order valence-electron chi connectivity index (χ3n) is 4.89. The van der Waals surface area contributed by atoms with Crippen molar-refractivity contribution in [3.05, 3.63) is 0 Å². The van der Waals surface area contributed by atoms with Gasteiger partial charge in [-0.2, -0.15) is 0 Å². The summed E-state index contributed by atoms with van der Waals surface area (Å²) in [5.41, 5.74) is -3.25. The molecule has 2 rings (SSSR count). The van der Waals surface area contributed by atoms with Gasteiger partial charge in [-0.1, -0.05) is 20.8 Å². The van der Waals surface area contributed by atoms with Crippen LogP contribution < -0.4 is 5.11 Å². The highest BCUT2D eigenvalue weighted by Gasteiger charge is 2.75. The Labute approximate surface area is 87.7 Å². The molecule has 0 amide bonds. The average Bonchev–Trinajstić information content (AvgIpc) is 2.39. The first kappa shape index (κ1) is 10.3. The molecule has 0 heterocycles. The van der Waals surface area contributed by atoms with Gasteiger partial charge in [0.1, 0.15) is 0 Å². The van der Waals surface area contributed by atoms with Gasteiger partial charge in [-0.05, 0) is 18.3 Å². The molecule has 2 atom stereocenters. The molecule has 0 radical (unpaired) electrons. The van der Waals surface area contributed by atoms with Gasteiger partial charge >= 0.3 is 0 Å². The van der Waals surface area contributed by atoms with Gasteiger partial charge in [-0.15, -0.1) is 0 Å². The van der Waals surface area contributed by atoms with E-state index in [9.17, 15) is 19.5 Å². The lowest BCUT2D eigenvalue weighted by molar-refractivity contribution is -0.320. The van der Waals surface area contributed by atoms with Crippen LogP contribution >= 0.6 is 0 Å². The van der Waals surface area contributed by atoms with Crippen LogP contribution in [-0.2, 0) is 14.4 Å². The summed E-state index contributed by atoms with van der Waals surface area (Å²) < 4.78 is 0. The molecular formula is C11H13O4-. The molecule has 0 saturated heterocycles. The third kappa shape index (κ3) is 0.713. The van der Waals surface area contributed by atoms with E-state index in [1.54, 1.807) is 20.8 Å². The Morgan fingerprint density at radius 2 is 1.67 bits per heavy atom. The average molecular weight is 209 g/mol. The highest BCUT2D eigenvalue weighted by Crippen LogP contribution is 2.68. The van der Waals surface area contributed by atoms with Crippen LogP contribution in [-0.4, -0.2) is 17.5 Å². The number of ketones is 2. The number of hydrogen-bond acceptors (Lipinski definition) is 4. The van der Waals surface area contributed by atoms with E-state index in [1.165, 1.54) is 0 Å². The maximum atomic E-state index is 11.8. The maximum absolute atomic E-state index is 11.8. The number of carboxylic acid groups (broad SMARTS) is 1. The molecule has 0 aliphatic heterocycles. The number of carbonyl (C=O) groups is 3. The van der Waals surface area contributed by atoms with Crippen molar-refractivity contribution in [1.29, 1.82) is 0 Å². The first-order chi connectivity index (χ1) is 6.72. The Bertz CT molecular complexity index is 395. The number of aliphatic carboxylic acids is 1.